The van der Waals surface area contributed by atoms with E-state index in [1.165, 1.54) is 6.07 Å². The van der Waals surface area contributed by atoms with Gasteiger partial charge in [0.15, 0.2) is 5.69 Å². The lowest BCUT2D eigenvalue weighted by molar-refractivity contribution is -0.693. The molecule has 1 aromatic carbocycles. The Kier molecular flexibility index (Phi) is 4.97. The van der Waals surface area contributed by atoms with Crippen molar-refractivity contribution in [2.24, 2.45) is 0 Å². The second-order valence-corrected chi connectivity index (χ2v) is 4.98. The molecule has 1 aromatic heterocycles. The van der Waals surface area contributed by atoms with Crippen LogP contribution in [0, 0.1) is 18.3 Å². The first-order valence-corrected chi connectivity index (χ1v) is 6.94. The van der Waals surface area contributed by atoms with Gasteiger partial charge < -0.3 is 5.11 Å². The molecule has 0 spiro atoms. The summed E-state index contributed by atoms with van der Waals surface area (Å²) >= 11 is 6.09. The van der Waals surface area contributed by atoms with Gasteiger partial charge in [-0.3, -0.25) is 0 Å². The molecular weight excluding hydrogens is 302 g/mol. The van der Waals surface area contributed by atoms with Crippen LogP contribution < -0.4 is 0 Å². The average molecular weight is 317 g/mol. The Labute approximate surface area is 133 Å². The van der Waals surface area contributed by atoms with Gasteiger partial charge in [0, 0.05) is 18.2 Å². The van der Waals surface area contributed by atoms with Crippen molar-refractivity contribution in [1.82, 2.24) is 4.98 Å². The molecule has 0 aliphatic rings. The quantitative estimate of drug-likeness (QED) is 0.534. The minimum Gasteiger partial charge on any atom is -0.505 e. The maximum atomic E-state index is 9.87. The topological polar surface area (TPSA) is 69.2 Å². The minimum absolute atomic E-state index is 0.00873. The number of nitrogens with zero attached hydrogens (tertiary/aromatic N) is 3. The highest BCUT2D eigenvalue weighted by atomic mass is 35.5. The normalized spacial score (nSPS) is 13.0. The summed E-state index contributed by atoms with van der Waals surface area (Å²) in [5.41, 5.74) is 2.11. The molecule has 2 aromatic rings. The standard InChI is InChI=1S/C16H14ClN3O2/c1-11-8-9-14(21)16(19-11)12(2)20(17)22-15(10-18)13-6-4-3-5-7-13/h3-9,15H,1-2H3/p+1. The molecule has 0 fully saturated rings. The van der Waals surface area contributed by atoms with Crippen molar-refractivity contribution < 1.29 is 14.2 Å². The minimum atomic E-state index is -0.861. The van der Waals surface area contributed by atoms with Gasteiger partial charge in [0.1, 0.15) is 16.1 Å². The number of rotatable bonds is 4. The molecule has 2 rings (SSSR count). The molecule has 112 valence electrons. The van der Waals surface area contributed by atoms with Gasteiger partial charge in [-0.15, -0.1) is 0 Å². The van der Waals surface area contributed by atoms with E-state index in [-0.39, 0.29) is 5.75 Å². The lowest BCUT2D eigenvalue weighted by Crippen LogP contribution is -2.16. The molecule has 0 saturated carbocycles. The summed E-state index contributed by atoms with van der Waals surface area (Å²) < 4.78 is 0.933. The molecule has 0 saturated heterocycles. The van der Waals surface area contributed by atoms with Gasteiger partial charge in [0.2, 0.25) is 0 Å². The molecule has 1 unspecified atom stereocenters. The fourth-order valence-corrected chi connectivity index (χ4v) is 2.02. The van der Waals surface area contributed by atoms with E-state index in [2.05, 4.69) is 4.98 Å². The van der Waals surface area contributed by atoms with Gasteiger partial charge in [0.05, 0.1) is 0 Å². The third-order valence-corrected chi connectivity index (χ3v) is 3.37. The van der Waals surface area contributed by atoms with Gasteiger partial charge in [-0.2, -0.15) is 5.26 Å². The first kappa shape index (κ1) is 15.8. The van der Waals surface area contributed by atoms with Crippen LogP contribution >= 0.6 is 11.8 Å². The lowest BCUT2D eigenvalue weighted by Gasteiger charge is -2.06. The molecule has 1 N–H and O–H groups in total. The van der Waals surface area contributed by atoms with Gasteiger partial charge in [-0.05, 0) is 19.1 Å². The van der Waals surface area contributed by atoms with Crippen molar-refractivity contribution in [2.45, 2.75) is 20.0 Å². The maximum Gasteiger partial charge on any atom is 0.319 e. The summed E-state index contributed by atoms with van der Waals surface area (Å²) in [6, 6.07) is 14.3. The van der Waals surface area contributed by atoms with Crippen molar-refractivity contribution in [2.75, 3.05) is 0 Å². The number of halogens is 1. The fourth-order valence-electron chi connectivity index (χ4n) is 1.86. The molecule has 1 heterocycles. The molecule has 1 atom stereocenters. The van der Waals surface area contributed by atoms with E-state index in [1.807, 2.05) is 24.3 Å². The Bertz CT molecular complexity index is 739. The van der Waals surface area contributed by atoms with E-state index in [9.17, 15) is 10.4 Å². The first-order chi connectivity index (χ1) is 10.5. The molecule has 0 bridgehead atoms. The van der Waals surface area contributed by atoms with Crippen LogP contribution in [0.25, 0.3) is 0 Å². The molecule has 6 heteroatoms. The average Bonchev–Trinajstić information content (AvgIpc) is 2.54. The zero-order chi connectivity index (χ0) is 16.1. The predicted molar refractivity (Wildman–Crippen MR) is 82.4 cm³/mol. The first-order valence-electron chi connectivity index (χ1n) is 6.60. The number of hydrogen-bond donors (Lipinski definition) is 1. The molecular formula is C16H15ClN3O2+. The van der Waals surface area contributed by atoms with Gasteiger partial charge in [-0.25, -0.2) is 9.82 Å². The number of aryl methyl sites for hydroxylation is 1. The molecule has 22 heavy (non-hydrogen) atoms. The Morgan fingerprint density at radius 1 is 1.32 bits per heavy atom. The summed E-state index contributed by atoms with van der Waals surface area (Å²) in [6.45, 7) is 3.45. The lowest BCUT2D eigenvalue weighted by atomic mass is 10.1. The van der Waals surface area contributed by atoms with Crippen molar-refractivity contribution in [1.29, 1.82) is 5.26 Å². The third-order valence-electron chi connectivity index (χ3n) is 3.04. The van der Waals surface area contributed by atoms with Crippen LogP contribution in [0.3, 0.4) is 0 Å². The van der Waals surface area contributed by atoms with Crippen molar-refractivity contribution in [3.63, 3.8) is 0 Å². The molecule has 5 nitrogen and oxygen atoms in total. The van der Waals surface area contributed by atoms with E-state index in [0.29, 0.717) is 17.0 Å². The SMILES string of the molecule is CC(c1nc(C)ccc1O)=[N+](Cl)OC(C#N)c1ccccc1. The van der Waals surface area contributed by atoms with Crippen molar-refractivity contribution >= 4 is 17.5 Å². The van der Waals surface area contributed by atoms with Crippen LogP contribution in [0.2, 0.25) is 0 Å². The molecule has 0 aliphatic carbocycles. The Balaban J connectivity index is 2.31. The van der Waals surface area contributed by atoms with Crippen molar-refractivity contribution in [3.05, 3.63) is 59.4 Å². The monoisotopic (exact) mass is 316 g/mol. The van der Waals surface area contributed by atoms with Gasteiger partial charge in [0.25, 0.3) is 11.8 Å². The van der Waals surface area contributed by atoms with Crippen LogP contribution in [-0.4, -0.2) is 20.1 Å². The van der Waals surface area contributed by atoms with Crippen LogP contribution in [0.15, 0.2) is 42.5 Å². The third kappa shape index (κ3) is 3.54. The van der Waals surface area contributed by atoms with Crippen molar-refractivity contribution in [3.8, 4) is 11.8 Å². The molecule has 0 aliphatic heterocycles. The predicted octanol–water partition coefficient (Wildman–Crippen LogP) is 3.27. The van der Waals surface area contributed by atoms with Gasteiger partial charge >= 0.3 is 11.8 Å². The number of aromatic nitrogens is 1. The van der Waals surface area contributed by atoms with Crippen LogP contribution in [0.1, 0.15) is 30.0 Å². The smallest absolute Gasteiger partial charge is 0.319 e. The fraction of sp³-hybridized carbons (Fsp3) is 0.188. The number of pyridine rings is 1. The highest BCUT2D eigenvalue weighted by Gasteiger charge is 2.24. The number of hydrogen-bond acceptors (Lipinski definition) is 4. The number of aromatic hydroxyl groups is 1. The maximum absolute atomic E-state index is 9.87. The van der Waals surface area contributed by atoms with E-state index in [4.69, 9.17) is 16.6 Å². The summed E-state index contributed by atoms with van der Waals surface area (Å²) in [6.07, 6.45) is -0.861. The van der Waals surface area contributed by atoms with E-state index in [1.54, 1.807) is 32.0 Å². The summed E-state index contributed by atoms with van der Waals surface area (Å²) in [7, 11) is 0. The Hall–Kier alpha value is -2.58. The molecule has 0 radical (unpaired) electrons. The molecule has 0 amide bonds. The summed E-state index contributed by atoms with van der Waals surface area (Å²) in [5, 5.41) is 19.1. The van der Waals surface area contributed by atoms with Crippen LogP contribution in [-0.2, 0) is 4.84 Å². The van der Waals surface area contributed by atoms with E-state index >= 15 is 0 Å². The Morgan fingerprint density at radius 2 is 2.00 bits per heavy atom. The zero-order valence-corrected chi connectivity index (χ0v) is 12.9. The second kappa shape index (κ2) is 6.92. The van der Waals surface area contributed by atoms with Crippen LogP contribution in [0.4, 0.5) is 0 Å². The second-order valence-electron chi connectivity index (χ2n) is 4.68. The highest BCUT2D eigenvalue weighted by Crippen LogP contribution is 2.20. The number of nitriles is 1. The van der Waals surface area contributed by atoms with Crippen LogP contribution in [0.5, 0.6) is 5.75 Å². The van der Waals surface area contributed by atoms with E-state index < -0.39 is 6.10 Å². The Morgan fingerprint density at radius 3 is 2.64 bits per heavy atom. The van der Waals surface area contributed by atoms with E-state index in [0.717, 1.165) is 9.95 Å². The summed E-state index contributed by atoms with van der Waals surface area (Å²) in [5.74, 6) is -0.00873. The largest absolute Gasteiger partial charge is 0.505 e. The highest BCUT2D eigenvalue weighted by molar-refractivity contribution is 6.10. The zero-order valence-electron chi connectivity index (χ0n) is 12.2. The number of benzene rings is 1. The summed E-state index contributed by atoms with van der Waals surface area (Å²) in [4.78, 5) is 9.67. The van der Waals surface area contributed by atoms with Gasteiger partial charge in [-0.1, -0.05) is 30.3 Å².